The van der Waals surface area contributed by atoms with E-state index in [-0.39, 0.29) is 17.0 Å². The molecule has 0 aliphatic carbocycles. The van der Waals surface area contributed by atoms with Gasteiger partial charge in [0.1, 0.15) is 0 Å². The van der Waals surface area contributed by atoms with Gasteiger partial charge in [-0.3, -0.25) is 0 Å². The number of sulfonamides is 1. The van der Waals surface area contributed by atoms with Crippen molar-refractivity contribution in [2.75, 3.05) is 18.4 Å². The molecular weight excluding hydrogens is 458 g/mol. The van der Waals surface area contributed by atoms with Crippen LogP contribution >= 0.6 is 28.3 Å². The van der Waals surface area contributed by atoms with Crippen molar-refractivity contribution in [3.05, 3.63) is 59.5 Å². The molecule has 1 aromatic heterocycles. The predicted molar refractivity (Wildman–Crippen MR) is 120 cm³/mol. The highest BCUT2D eigenvalue weighted by Gasteiger charge is 2.26. The fraction of sp³-hybridized carbons (Fsp3) is 0.250. The lowest BCUT2D eigenvalue weighted by Crippen LogP contribution is -2.27. The fourth-order valence-electron chi connectivity index (χ4n) is 3.10. The van der Waals surface area contributed by atoms with Gasteiger partial charge in [0.2, 0.25) is 10.0 Å². The van der Waals surface area contributed by atoms with Crippen LogP contribution in [0.25, 0.3) is 11.3 Å². The van der Waals surface area contributed by atoms with Crippen molar-refractivity contribution in [1.82, 2.24) is 9.29 Å². The van der Waals surface area contributed by atoms with Gasteiger partial charge in [-0.25, -0.2) is 13.4 Å². The predicted octanol–water partition coefficient (Wildman–Crippen LogP) is 5.22. The van der Waals surface area contributed by atoms with E-state index in [1.54, 1.807) is 16.4 Å². The average Bonchev–Trinajstić information content (AvgIpc) is 3.36. The van der Waals surface area contributed by atoms with Crippen LogP contribution in [0.1, 0.15) is 18.4 Å². The molecule has 1 fully saturated rings. The summed E-state index contributed by atoms with van der Waals surface area (Å²) in [4.78, 5) is 4.96. The zero-order valence-corrected chi connectivity index (χ0v) is 18.8. The summed E-state index contributed by atoms with van der Waals surface area (Å²) in [5.41, 5.74) is 3.95. The number of anilines is 2. The van der Waals surface area contributed by atoms with Crippen LogP contribution in [0.15, 0.2) is 58.8 Å². The number of hydrogen-bond acceptors (Lipinski definition) is 5. The second-order valence-electron chi connectivity index (χ2n) is 6.66. The molecule has 0 amide bonds. The summed E-state index contributed by atoms with van der Waals surface area (Å²) in [6.45, 7) is 3.29. The van der Waals surface area contributed by atoms with Crippen LogP contribution in [-0.4, -0.2) is 30.8 Å². The first-order valence-corrected chi connectivity index (χ1v) is 11.2. The van der Waals surface area contributed by atoms with Crippen molar-refractivity contribution in [3.63, 3.8) is 0 Å². The van der Waals surface area contributed by atoms with Crippen LogP contribution in [0.5, 0.6) is 0 Å². The number of aryl methyl sites for hydroxylation is 1. The fourth-order valence-corrected chi connectivity index (χ4v) is 5.36. The zero-order chi connectivity index (χ0) is 18.9. The molecule has 0 atom stereocenters. The minimum atomic E-state index is -3.37. The number of aromatic nitrogens is 1. The summed E-state index contributed by atoms with van der Waals surface area (Å²) >= 11 is 1.52. The third-order valence-corrected chi connectivity index (χ3v) is 7.33. The van der Waals surface area contributed by atoms with Crippen molar-refractivity contribution in [3.8, 4) is 11.3 Å². The summed E-state index contributed by atoms with van der Waals surface area (Å²) < 4.78 is 26.8. The van der Waals surface area contributed by atoms with Crippen molar-refractivity contribution < 1.29 is 8.42 Å². The molecule has 0 saturated carbocycles. The van der Waals surface area contributed by atoms with E-state index in [2.05, 4.69) is 29.4 Å². The summed E-state index contributed by atoms with van der Waals surface area (Å²) in [7, 11) is -3.37. The van der Waals surface area contributed by atoms with Crippen molar-refractivity contribution in [2.24, 2.45) is 0 Å². The van der Waals surface area contributed by atoms with Gasteiger partial charge in [0.25, 0.3) is 0 Å². The molecular formula is C20H22BrN3O2S2. The standard InChI is InChI=1S/C20H21N3O2S2.BrH/c1-15-4-8-17(9-5-15)21-20-22-19(14-26-20)16-6-10-18(11-7-16)27(24,25)23-12-2-3-13-23;/h4-11,14H,2-3,12-13H2,1H3,(H,21,22);1H. The van der Waals surface area contributed by atoms with E-state index < -0.39 is 10.0 Å². The number of nitrogens with zero attached hydrogens (tertiary/aromatic N) is 2. The van der Waals surface area contributed by atoms with Gasteiger partial charge in [-0.05, 0) is 44.0 Å². The van der Waals surface area contributed by atoms with Crippen molar-refractivity contribution >= 4 is 49.2 Å². The Labute approximate surface area is 180 Å². The molecule has 3 aromatic rings. The van der Waals surface area contributed by atoms with Crippen LogP contribution in [0.4, 0.5) is 10.8 Å². The second kappa shape index (κ2) is 8.73. The number of benzene rings is 2. The lowest BCUT2D eigenvalue weighted by Gasteiger charge is -2.15. The highest BCUT2D eigenvalue weighted by atomic mass is 79.9. The normalized spacial score (nSPS) is 14.6. The molecule has 148 valence electrons. The average molecular weight is 480 g/mol. The van der Waals surface area contributed by atoms with Crippen LogP contribution in [0.2, 0.25) is 0 Å². The Morgan fingerprint density at radius 1 is 1.00 bits per heavy atom. The van der Waals surface area contributed by atoms with E-state index in [1.165, 1.54) is 16.9 Å². The van der Waals surface area contributed by atoms with Crippen LogP contribution in [-0.2, 0) is 10.0 Å². The Balaban J connectivity index is 0.00000225. The first-order chi connectivity index (χ1) is 13.0. The second-order valence-corrected chi connectivity index (χ2v) is 9.46. The summed E-state index contributed by atoms with van der Waals surface area (Å²) in [6, 6.07) is 15.2. The lowest BCUT2D eigenvalue weighted by molar-refractivity contribution is 0.477. The Kier molecular flexibility index (Phi) is 6.54. The van der Waals surface area contributed by atoms with Gasteiger partial charge in [-0.2, -0.15) is 4.31 Å². The van der Waals surface area contributed by atoms with Crippen LogP contribution in [0.3, 0.4) is 0 Å². The minimum Gasteiger partial charge on any atom is -0.332 e. The zero-order valence-electron chi connectivity index (χ0n) is 15.5. The minimum absolute atomic E-state index is 0. The molecule has 0 radical (unpaired) electrons. The molecule has 28 heavy (non-hydrogen) atoms. The van der Waals surface area contributed by atoms with Crippen LogP contribution in [0, 0.1) is 6.92 Å². The molecule has 4 rings (SSSR count). The molecule has 0 unspecified atom stereocenters. The largest absolute Gasteiger partial charge is 0.332 e. The number of halogens is 1. The molecule has 5 nitrogen and oxygen atoms in total. The lowest BCUT2D eigenvalue weighted by atomic mass is 10.2. The molecule has 0 bridgehead atoms. The maximum Gasteiger partial charge on any atom is 0.243 e. The summed E-state index contributed by atoms with van der Waals surface area (Å²) in [5.74, 6) is 0. The molecule has 8 heteroatoms. The Hall–Kier alpha value is -1.74. The van der Waals surface area contributed by atoms with E-state index in [9.17, 15) is 8.42 Å². The smallest absolute Gasteiger partial charge is 0.243 e. The summed E-state index contributed by atoms with van der Waals surface area (Å²) in [6.07, 6.45) is 1.87. The van der Waals surface area contributed by atoms with Gasteiger partial charge in [0.15, 0.2) is 5.13 Å². The summed E-state index contributed by atoms with van der Waals surface area (Å²) in [5, 5.41) is 6.08. The molecule has 0 spiro atoms. The Morgan fingerprint density at radius 3 is 2.29 bits per heavy atom. The van der Waals surface area contributed by atoms with E-state index >= 15 is 0 Å². The van der Waals surface area contributed by atoms with Crippen LogP contribution < -0.4 is 5.32 Å². The SMILES string of the molecule is Br.Cc1ccc(Nc2nc(-c3ccc(S(=O)(=O)N4CCCC4)cc3)cs2)cc1. The van der Waals surface area contributed by atoms with Gasteiger partial charge in [0.05, 0.1) is 10.6 Å². The highest BCUT2D eigenvalue weighted by Crippen LogP contribution is 2.29. The molecule has 1 aliphatic rings. The molecule has 1 aliphatic heterocycles. The molecule has 2 aromatic carbocycles. The third kappa shape index (κ3) is 4.46. The third-order valence-electron chi connectivity index (χ3n) is 4.66. The Bertz CT molecular complexity index is 1030. The molecule has 2 heterocycles. The van der Waals surface area contributed by atoms with Crippen molar-refractivity contribution in [1.29, 1.82) is 0 Å². The van der Waals surface area contributed by atoms with E-state index in [0.29, 0.717) is 18.0 Å². The maximum absolute atomic E-state index is 12.6. The van der Waals surface area contributed by atoms with Gasteiger partial charge < -0.3 is 5.32 Å². The number of thiazole rings is 1. The van der Waals surface area contributed by atoms with Crippen molar-refractivity contribution in [2.45, 2.75) is 24.7 Å². The van der Waals surface area contributed by atoms with Gasteiger partial charge in [-0.1, -0.05) is 29.8 Å². The number of rotatable bonds is 5. The molecule has 1 saturated heterocycles. The van der Waals surface area contributed by atoms with Gasteiger partial charge in [-0.15, -0.1) is 28.3 Å². The quantitative estimate of drug-likeness (QED) is 0.544. The first kappa shape index (κ1) is 21.0. The number of hydrogen-bond donors (Lipinski definition) is 1. The highest BCUT2D eigenvalue weighted by molar-refractivity contribution is 8.93. The van der Waals surface area contributed by atoms with E-state index in [0.717, 1.165) is 34.9 Å². The molecule has 1 N–H and O–H groups in total. The first-order valence-electron chi connectivity index (χ1n) is 8.92. The maximum atomic E-state index is 12.6. The Morgan fingerprint density at radius 2 is 1.64 bits per heavy atom. The topological polar surface area (TPSA) is 62.3 Å². The van der Waals surface area contributed by atoms with E-state index in [1.807, 2.05) is 29.6 Å². The number of nitrogens with one attached hydrogen (secondary N) is 1. The van der Waals surface area contributed by atoms with Gasteiger partial charge in [0, 0.05) is 29.7 Å². The van der Waals surface area contributed by atoms with E-state index in [4.69, 9.17) is 0 Å². The monoisotopic (exact) mass is 479 g/mol. The van der Waals surface area contributed by atoms with Gasteiger partial charge >= 0.3 is 0 Å².